The second-order valence-corrected chi connectivity index (χ2v) is 6.41. The number of hydrogen-bond acceptors (Lipinski definition) is 9. The normalized spacial score (nSPS) is 11.2. The first-order chi connectivity index (χ1) is 14.5. The summed E-state index contributed by atoms with van der Waals surface area (Å²) in [6.07, 6.45) is 4.54. The third-order valence-electron chi connectivity index (χ3n) is 3.60. The highest BCUT2D eigenvalue weighted by Gasteiger charge is 2.12. The van der Waals surface area contributed by atoms with Crippen molar-refractivity contribution in [2.75, 3.05) is 14.2 Å². The lowest BCUT2D eigenvalue weighted by molar-refractivity contribution is -0.0512. The van der Waals surface area contributed by atoms with E-state index in [9.17, 15) is 13.6 Å². The summed E-state index contributed by atoms with van der Waals surface area (Å²) in [4.78, 5) is 11.4. The van der Waals surface area contributed by atoms with Crippen molar-refractivity contribution in [1.82, 2.24) is 24.7 Å². The molecule has 0 aliphatic carbocycles. The number of carbonyl (C=O) groups is 1. The standard InChI is InChI=1S/C17H16F2N6O4S/c1-27-14-7-11(3-4-13(14)29-16(18)19)8-21-25-9-20-22-17(25)30-10-24-6-5-12(23-24)15(26)28-2/h3-9,16H,10H2,1-2H3/b21-8+. The monoisotopic (exact) mass is 438 g/mol. The number of halogens is 2. The van der Waals surface area contributed by atoms with Gasteiger partial charge >= 0.3 is 12.6 Å². The van der Waals surface area contributed by atoms with Gasteiger partial charge in [0.05, 0.1) is 26.3 Å². The zero-order valence-corrected chi connectivity index (χ0v) is 16.6. The lowest BCUT2D eigenvalue weighted by atomic mass is 10.2. The van der Waals surface area contributed by atoms with Gasteiger partial charge in [0.15, 0.2) is 17.2 Å². The SMILES string of the molecule is COC(=O)c1ccn(CSc2nncn2/N=C/c2ccc(OC(F)F)c(OC)c2)n1. The number of ether oxygens (including phenoxy) is 3. The Bertz CT molecular complexity index is 1040. The first-order valence-corrected chi connectivity index (χ1v) is 9.30. The van der Waals surface area contributed by atoms with Crippen molar-refractivity contribution in [3.63, 3.8) is 0 Å². The minimum Gasteiger partial charge on any atom is -0.493 e. The van der Waals surface area contributed by atoms with E-state index in [1.165, 1.54) is 55.3 Å². The highest BCUT2D eigenvalue weighted by Crippen LogP contribution is 2.29. The number of hydrogen-bond donors (Lipinski definition) is 0. The molecule has 0 aliphatic heterocycles. The van der Waals surface area contributed by atoms with E-state index in [2.05, 4.69) is 29.9 Å². The van der Waals surface area contributed by atoms with Crippen LogP contribution in [0.5, 0.6) is 11.5 Å². The van der Waals surface area contributed by atoms with Crippen LogP contribution >= 0.6 is 11.8 Å². The molecule has 158 valence electrons. The van der Waals surface area contributed by atoms with Gasteiger partial charge in [-0.2, -0.15) is 23.7 Å². The summed E-state index contributed by atoms with van der Waals surface area (Å²) in [7, 11) is 2.63. The molecule has 2 aromatic heterocycles. The average molecular weight is 438 g/mol. The Morgan fingerprint density at radius 1 is 1.30 bits per heavy atom. The highest BCUT2D eigenvalue weighted by atomic mass is 32.2. The van der Waals surface area contributed by atoms with Gasteiger partial charge in [0, 0.05) is 6.20 Å². The summed E-state index contributed by atoms with van der Waals surface area (Å²) in [5, 5.41) is 16.6. The van der Waals surface area contributed by atoms with E-state index < -0.39 is 12.6 Å². The summed E-state index contributed by atoms with van der Waals surface area (Å²) < 4.78 is 41.9. The Morgan fingerprint density at radius 3 is 2.87 bits per heavy atom. The lowest BCUT2D eigenvalue weighted by Gasteiger charge is -2.10. The van der Waals surface area contributed by atoms with E-state index in [1.54, 1.807) is 23.0 Å². The van der Waals surface area contributed by atoms with Gasteiger partial charge in [0.25, 0.3) is 0 Å². The second kappa shape index (κ2) is 9.82. The van der Waals surface area contributed by atoms with Crippen LogP contribution in [-0.4, -0.2) is 57.7 Å². The smallest absolute Gasteiger partial charge is 0.387 e. The van der Waals surface area contributed by atoms with Crippen molar-refractivity contribution in [2.24, 2.45) is 5.10 Å². The minimum absolute atomic E-state index is 0.0734. The van der Waals surface area contributed by atoms with Crippen molar-refractivity contribution in [3.8, 4) is 11.5 Å². The summed E-state index contributed by atoms with van der Waals surface area (Å²) >= 11 is 1.29. The second-order valence-electron chi connectivity index (χ2n) is 5.50. The van der Waals surface area contributed by atoms with Gasteiger partial charge in [-0.1, -0.05) is 11.8 Å². The lowest BCUT2D eigenvalue weighted by Crippen LogP contribution is -2.04. The van der Waals surface area contributed by atoms with Gasteiger partial charge in [-0.05, 0) is 29.8 Å². The van der Waals surface area contributed by atoms with Crippen LogP contribution in [0.4, 0.5) is 8.78 Å². The van der Waals surface area contributed by atoms with Crippen molar-refractivity contribution < 1.29 is 27.8 Å². The van der Waals surface area contributed by atoms with Crippen molar-refractivity contribution >= 4 is 23.9 Å². The van der Waals surface area contributed by atoms with Crippen LogP contribution in [0.1, 0.15) is 16.1 Å². The van der Waals surface area contributed by atoms with Crippen LogP contribution in [0.2, 0.25) is 0 Å². The summed E-state index contributed by atoms with van der Waals surface area (Å²) in [6.45, 7) is -2.95. The molecule has 2 heterocycles. The molecule has 1 aromatic carbocycles. The molecular formula is C17H16F2N6O4S. The van der Waals surface area contributed by atoms with E-state index in [4.69, 9.17) is 4.74 Å². The third kappa shape index (κ3) is 5.31. The van der Waals surface area contributed by atoms with E-state index in [1.807, 2.05) is 0 Å². The fraction of sp³-hybridized carbons (Fsp3) is 0.235. The Kier molecular flexibility index (Phi) is 6.95. The van der Waals surface area contributed by atoms with Crippen LogP contribution in [-0.2, 0) is 10.6 Å². The van der Waals surface area contributed by atoms with Crippen molar-refractivity contribution in [2.45, 2.75) is 17.6 Å². The Labute approximate surface area is 173 Å². The highest BCUT2D eigenvalue weighted by molar-refractivity contribution is 7.98. The number of aromatic nitrogens is 5. The van der Waals surface area contributed by atoms with E-state index >= 15 is 0 Å². The number of nitrogens with zero attached hydrogens (tertiary/aromatic N) is 6. The first-order valence-electron chi connectivity index (χ1n) is 8.32. The predicted octanol–water partition coefficient (Wildman–Crippen LogP) is 2.50. The van der Waals surface area contributed by atoms with Gasteiger partial charge in [-0.3, -0.25) is 4.68 Å². The maximum Gasteiger partial charge on any atom is 0.387 e. The van der Waals surface area contributed by atoms with Crippen LogP contribution in [0.3, 0.4) is 0 Å². The van der Waals surface area contributed by atoms with Crippen molar-refractivity contribution in [3.05, 3.63) is 48.0 Å². The number of benzene rings is 1. The molecule has 0 bridgehead atoms. The number of rotatable bonds is 9. The molecule has 3 aromatic rings. The number of carbonyl (C=O) groups excluding carboxylic acids is 1. The Morgan fingerprint density at radius 2 is 2.13 bits per heavy atom. The molecule has 0 fully saturated rings. The zero-order chi connectivity index (χ0) is 21.5. The fourth-order valence-electron chi connectivity index (χ4n) is 2.25. The maximum absolute atomic E-state index is 12.4. The molecule has 0 saturated heterocycles. The quantitative estimate of drug-likeness (QED) is 0.285. The molecule has 13 heteroatoms. The molecule has 30 heavy (non-hydrogen) atoms. The molecule has 0 aliphatic rings. The molecule has 10 nitrogen and oxygen atoms in total. The predicted molar refractivity (Wildman–Crippen MR) is 102 cm³/mol. The van der Waals surface area contributed by atoms with E-state index in [-0.39, 0.29) is 17.2 Å². The molecule has 0 N–H and O–H groups in total. The van der Waals surface area contributed by atoms with Crippen molar-refractivity contribution in [1.29, 1.82) is 0 Å². The molecule has 0 atom stereocenters. The Hall–Kier alpha value is -3.48. The van der Waals surface area contributed by atoms with Gasteiger partial charge in [-0.15, -0.1) is 10.2 Å². The number of esters is 1. The molecule has 0 unspecified atom stereocenters. The van der Waals surface area contributed by atoms with Gasteiger partial charge in [0.2, 0.25) is 5.16 Å². The molecular weight excluding hydrogens is 422 g/mol. The molecule has 0 spiro atoms. The first kappa shape index (κ1) is 21.2. The minimum atomic E-state index is -2.95. The summed E-state index contributed by atoms with van der Waals surface area (Å²) in [6, 6.07) is 5.98. The van der Waals surface area contributed by atoms with E-state index in [0.29, 0.717) is 16.6 Å². The maximum atomic E-state index is 12.4. The number of thioether (sulfide) groups is 1. The molecule has 0 amide bonds. The fourth-order valence-corrected chi connectivity index (χ4v) is 2.97. The Balaban J connectivity index is 1.67. The molecule has 0 radical (unpaired) electrons. The van der Waals surface area contributed by atoms with Crippen LogP contribution in [0.25, 0.3) is 0 Å². The van der Waals surface area contributed by atoms with Crippen LogP contribution in [0, 0.1) is 0 Å². The molecule has 0 saturated carbocycles. The van der Waals surface area contributed by atoms with Crippen LogP contribution in [0.15, 0.2) is 47.0 Å². The van der Waals surface area contributed by atoms with Gasteiger partial charge in [-0.25, -0.2) is 4.79 Å². The summed E-state index contributed by atoms with van der Waals surface area (Å²) in [5.41, 5.74) is 0.790. The van der Waals surface area contributed by atoms with E-state index in [0.717, 1.165) is 0 Å². The van der Waals surface area contributed by atoms with Crippen LogP contribution < -0.4 is 9.47 Å². The largest absolute Gasteiger partial charge is 0.493 e. The van der Waals surface area contributed by atoms with Gasteiger partial charge in [0.1, 0.15) is 6.33 Å². The topological polar surface area (TPSA) is 106 Å². The average Bonchev–Trinajstić information content (AvgIpc) is 3.39. The third-order valence-corrected chi connectivity index (χ3v) is 4.52. The number of methoxy groups -OCH3 is 2. The summed E-state index contributed by atoms with van der Waals surface area (Å²) in [5.74, 6) is -0.0843. The molecule has 3 rings (SSSR count). The van der Waals surface area contributed by atoms with Gasteiger partial charge < -0.3 is 14.2 Å². The zero-order valence-electron chi connectivity index (χ0n) is 15.8. The number of alkyl halides is 2.